The van der Waals surface area contributed by atoms with E-state index in [9.17, 15) is 4.79 Å². The molecule has 1 N–H and O–H groups in total. The highest BCUT2D eigenvalue weighted by Crippen LogP contribution is 2.20. The molecule has 1 heterocycles. The first-order chi connectivity index (χ1) is 11.2. The Bertz CT molecular complexity index is 683. The van der Waals surface area contributed by atoms with E-state index in [0.717, 1.165) is 31.7 Å². The predicted octanol–water partition coefficient (Wildman–Crippen LogP) is 2.70. The van der Waals surface area contributed by atoms with Gasteiger partial charge in [-0.3, -0.25) is 4.79 Å². The Kier molecular flexibility index (Phi) is 4.55. The molecule has 0 spiro atoms. The maximum Gasteiger partial charge on any atom is 0.270 e. The van der Waals surface area contributed by atoms with Crippen molar-refractivity contribution in [2.45, 2.75) is 39.3 Å². The third-order valence-corrected chi connectivity index (χ3v) is 3.89. The number of hydrogen-bond acceptors (Lipinski definition) is 4. The smallest absolute Gasteiger partial charge is 0.270 e. The van der Waals surface area contributed by atoms with Crippen LogP contribution in [0.2, 0.25) is 0 Å². The van der Waals surface area contributed by atoms with E-state index in [2.05, 4.69) is 39.2 Å². The Balaban J connectivity index is 1.81. The summed E-state index contributed by atoms with van der Waals surface area (Å²) in [6, 6.07) is 12.4. The van der Waals surface area contributed by atoms with Gasteiger partial charge in [-0.05, 0) is 32.3 Å². The summed E-state index contributed by atoms with van der Waals surface area (Å²) in [6.45, 7) is 5.49. The number of hydrogen-bond donors (Lipinski definition) is 1. The Labute approximate surface area is 136 Å². The summed E-state index contributed by atoms with van der Waals surface area (Å²) in [6.07, 6.45) is 2.13. The molecule has 0 bridgehead atoms. The van der Waals surface area contributed by atoms with Crippen LogP contribution in [-0.4, -0.2) is 28.5 Å². The normalized spacial score (nSPS) is 13.7. The lowest BCUT2D eigenvalue weighted by atomic mass is 10.2. The molecule has 120 valence electrons. The van der Waals surface area contributed by atoms with Gasteiger partial charge in [0.2, 0.25) is 0 Å². The maximum atomic E-state index is 12.2. The highest BCUT2D eigenvalue weighted by atomic mass is 16.2. The Morgan fingerprint density at radius 3 is 2.65 bits per heavy atom. The largest absolute Gasteiger partial charge is 0.352 e. The van der Waals surface area contributed by atoms with Crippen LogP contribution >= 0.6 is 0 Å². The molecule has 1 aliphatic carbocycles. The molecule has 5 heteroatoms. The van der Waals surface area contributed by atoms with Crippen LogP contribution in [0.3, 0.4) is 0 Å². The number of benzene rings is 1. The first kappa shape index (κ1) is 15.5. The second-order valence-corrected chi connectivity index (χ2v) is 5.91. The molecular formula is C18H22N4O. The minimum absolute atomic E-state index is 0.102. The molecule has 1 saturated carbocycles. The van der Waals surface area contributed by atoms with Gasteiger partial charge in [0.15, 0.2) is 0 Å². The molecule has 1 fully saturated rings. The van der Waals surface area contributed by atoms with E-state index in [-0.39, 0.29) is 5.91 Å². The number of aryl methyl sites for hydroxylation is 1. The summed E-state index contributed by atoms with van der Waals surface area (Å²) in [5.41, 5.74) is 1.67. The number of rotatable bonds is 6. The van der Waals surface area contributed by atoms with Gasteiger partial charge in [-0.1, -0.05) is 30.3 Å². The van der Waals surface area contributed by atoms with Gasteiger partial charge in [0.05, 0.1) is 0 Å². The van der Waals surface area contributed by atoms with Crippen molar-refractivity contribution in [3.63, 3.8) is 0 Å². The molecule has 0 aliphatic heterocycles. The van der Waals surface area contributed by atoms with Gasteiger partial charge in [-0.15, -0.1) is 0 Å². The summed E-state index contributed by atoms with van der Waals surface area (Å²) < 4.78 is 0. The Morgan fingerprint density at radius 2 is 2.00 bits per heavy atom. The van der Waals surface area contributed by atoms with Crippen molar-refractivity contribution in [1.29, 1.82) is 0 Å². The number of carbonyl (C=O) groups excluding carboxylic acids is 1. The molecule has 0 unspecified atom stereocenters. The second-order valence-electron chi connectivity index (χ2n) is 5.91. The quantitative estimate of drug-likeness (QED) is 0.891. The number of carbonyl (C=O) groups is 1. The zero-order valence-corrected chi connectivity index (χ0v) is 13.6. The van der Waals surface area contributed by atoms with Crippen molar-refractivity contribution >= 4 is 11.7 Å². The molecule has 1 aromatic carbocycles. The first-order valence-electron chi connectivity index (χ1n) is 8.11. The van der Waals surface area contributed by atoms with Gasteiger partial charge in [0.25, 0.3) is 5.91 Å². The minimum atomic E-state index is -0.102. The molecule has 1 aliphatic rings. The van der Waals surface area contributed by atoms with Crippen LogP contribution < -0.4 is 10.2 Å². The number of anilines is 1. The fourth-order valence-corrected chi connectivity index (χ4v) is 2.48. The summed E-state index contributed by atoms with van der Waals surface area (Å²) in [7, 11) is 0. The molecule has 0 saturated heterocycles. The minimum Gasteiger partial charge on any atom is -0.352 e. The van der Waals surface area contributed by atoms with E-state index in [0.29, 0.717) is 17.6 Å². The van der Waals surface area contributed by atoms with Crippen molar-refractivity contribution in [3.05, 3.63) is 53.5 Å². The van der Waals surface area contributed by atoms with Gasteiger partial charge < -0.3 is 10.2 Å². The third-order valence-electron chi connectivity index (χ3n) is 3.89. The molecule has 23 heavy (non-hydrogen) atoms. The molecule has 0 atom stereocenters. The van der Waals surface area contributed by atoms with E-state index >= 15 is 0 Å². The molecule has 1 aromatic heterocycles. The molecule has 5 nitrogen and oxygen atoms in total. The van der Waals surface area contributed by atoms with E-state index in [1.807, 2.05) is 25.1 Å². The summed E-state index contributed by atoms with van der Waals surface area (Å²) in [5.74, 6) is 1.31. The molecule has 0 radical (unpaired) electrons. The highest BCUT2D eigenvalue weighted by molar-refractivity contribution is 5.93. The lowest BCUT2D eigenvalue weighted by Gasteiger charge is -2.22. The highest BCUT2D eigenvalue weighted by Gasteiger charge is 2.25. The lowest BCUT2D eigenvalue weighted by Crippen LogP contribution is -2.28. The van der Waals surface area contributed by atoms with Crippen molar-refractivity contribution in [3.8, 4) is 0 Å². The van der Waals surface area contributed by atoms with Crippen molar-refractivity contribution in [2.75, 3.05) is 11.4 Å². The fraction of sp³-hybridized carbons (Fsp3) is 0.389. The molecular weight excluding hydrogens is 288 g/mol. The van der Waals surface area contributed by atoms with Crippen molar-refractivity contribution < 1.29 is 4.79 Å². The van der Waals surface area contributed by atoms with Crippen LogP contribution in [0.4, 0.5) is 5.82 Å². The van der Waals surface area contributed by atoms with Crippen LogP contribution in [0.15, 0.2) is 36.4 Å². The van der Waals surface area contributed by atoms with Crippen LogP contribution in [0.25, 0.3) is 0 Å². The summed E-state index contributed by atoms with van der Waals surface area (Å²) in [4.78, 5) is 23.2. The van der Waals surface area contributed by atoms with Gasteiger partial charge in [-0.2, -0.15) is 0 Å². The second kappa shape index (κ2) is 6.77. The summed E-state index contributed by atoms with van der Waals surface area (Å²) in [5, 5.41) is 2.98. The first-order valence-corrected chi connectivity index (χ1v) is 8.11. The molecule has 2 aromatic rings. The van der Waals surface area contributed by atoms with E-state index in [4.69, 9.17) is 0 Å². The maximum absolute atomic E-state index is 12.2. The average Bonchev–Trinajstić information content (AvgIpc) is 3.37. The van der Waals surface area contributed by atoms with Gasteiger partial charge >= 0.3 is 0 Å². The standard InChI is InChI=1S/C18H22N4O/c1-3-22(12-14-7-5-4-6-8-14)17-11-16(19-13(2)20-17)18(23)21-15-9-10-15/h4-8,11,15H,3,9-10,12H2,1-2H3,(H,21,23). The average molecular weight is 310 g/mol. The zero-order chi connectivity index (χ0) is 16.2. The van der Waals surface area contributed by atoms with Crippen molar-refractivity contribution in [2.24, 2.45) is 0 Å². The zero-order valence-electron chi connectivity index (χ0n) is 13.6. The van der Waals surface area contributed by atoms with Crippen LogP contribution in [0, 0.1) is 6.92 Å². The monoisotopic (exact) mass is 310 g/mol. The predicted molar refractivity (Wildman–Crippen MR) is 90.4 cm³/mol. The van der Waals surface area contributed by atoms with Gasteiger partial charge in [0.1, 0.15) is 17.3 Å². The topological polar surface area (TPSA) is 58.1 Å². The number of nitrogens with one attached hydrogen (secondary N) is 1. The van der Waals surface area contributed by atoms with Crippen LogP contribution in [0.1, 0.15) is 41.6 Å². The number of amides is 1. The van der Waals surface area contributed by atoms with Gasteiger partial charge in [0, 0.05) is 25.2 Å². The fourth-order valence-electron chi connectivity index (χ4n) is 2.48. The van der Waals surface area contributed by atoms with E-state index < -0.39 is 0 Å². The number of nitrogens with zero attached hydrogens (tertiary/aromatic N) is 3. The van der Waals surface area contributed by atoms with Crippen LogP contribution in [-0.2, 0) is 6.54 Å². The van der Waals surface area contributed by atoms with E-state index in [1.165, 1.54) is 5.56 Å². The Morgan fingerprint density at radius 1 is 1.26 bits per heavy atom. The molecule has 1 amide bonds. The molecule has 3 rings (SSSR count). The summed E-state index contributed by atoms with van der Waals surface area (Å²) >= 11 is 0. The van der Waals surface area contributed by atoms with Gasteiger partial charge in [-0.25, -0.2) is 9.97 Å². The third kappa shape index (κ3) is 4.06. The van der Waals surface area contributed by atoms with Crippen LogP contribution in [0.5, 0.6) is 0 Å². The number of aromatic nitrogens is 2. The van der Waals surface area contributed by atoms with Crippen molar-refractivity contribution in [1.82, 2.24) is 15.3 Å². The SMILES string of the molecule is CCN(Cc1ccccc1)c1cc(C(=O)NC2CC2)nc(C)n1. The Hall–Kier alpha value is -2.43. The van der Waals surface area contributed by atoms with E-state index in [1.54, 1.807) is 6.07 Å². The lowest BCUT2D eigenvalue weighted by molar-refractivity contribution is 0.0945.